The van der Waals surface area contributed by atoms with Gasteiger partial charge in [0.15, 0.2) is 0 Å². The average Bonchev–Trinajstić information content (AvgIpc) is 2.85. The van der Waals surface area contributed by atoms with Crippen molar-refractivity contribution in [2.24, 2.45) is 18.7 Å². The second-order valence-corrected chi connectivity index (χ2v) is 5.95. The zero-order valence-electron chi connectivity index (χ0n) is 13.5. The summed E-state index contributed by atoms with van der Waals surface area (Å²) in [5.74, 6) is 0.416. The third kappa shape index (κ3) is 4.18. The maximum absolute atomic E-state index is 12.3. The topological polar surface area (TPSA) is 72.9 Å². The van der Waals surface area contributed by atoms with E-state index in [1.165, 1.54) is 0 Å². The number of rotatable bonds is 6. The average molecular weight is 300 g/mol. The van der Waals surface area contributed by atoms with Crippen LogP contribution in [0.2, 0.25) is 0 Å². The molecule has 5 nitrogen and oxygen atoms in total. The van der Waals surface area contributed by atoms with E-state index in [9.17, 15) is 4.79 Å². The summed E-state index contributed by atoms with van der Waals surface area (Å²) >= 11 is 0. The Balaban J connectivity index is 1.98. The van der Waals surface area contributed by atoms with Gasteiger partial charge in [0.1, 0.15) is 5.69 Å². The van der Waals surface area contributed by atoms with E-state index in [4.69, 9.17) is 5.73 Å². The molecule has 0 bridgehead atoms. The van der Waals surface area contributed by atoms with Crippen LogP contribution >= 0.6 is 0 Å². The van der Waals surface area contributed by atoms with Crippen LogP contribution in [-0.4, -0.2) is 15.7 Å². The van der Waals surface area contributed by atoms with Gasteiger partial charge >= 0.3 is 0 Å². The van der Waals surface area contributed by atoms with Gasteiger partial charge in [0.2, 0.25) is 0 Å². The molecule has 3 N–H and O–H groups in total. The number of nitrogens with two attached hydrogens (primary N) is 1. The lowest BCUT2D eigenvalue weighted by Crippen LogP contribution is -2.25. The number of aromatic nitrogens is 2. The highest BCUT2D eigenvalue weighted by molar-refractivity contribution is 5.92. The van der Waals surface area contributed by atoms with Gasteiger partial charge in [-0.2, -0.15) is 5.10 Å². The zero-order valence-corrected chi connectivity index (χ0v) is 13.5. The van der Waals surface area contributed by atoms with Gasteiger partial charge in [0, 0.05) is 20.1 Å². The van der Waals surface area contributed by atoms with Crippen LogP contribution in [0.5, 0.6) is 0 Å². The van der Waals surface area contributed by atoms with E-state index >= 15 is 0 Å². The monoisotopic (exact) mass is 300 g/mol. The smallest absolute Gasteiger partial charge is 0.269 e. The molecule has 1 aromatic carbocycles. The first-order valence-corrected chi connectivity index (χ1v) is 7.58. The van der Waals surface area contributed by atoms with Crippen LogP contribution in [-0.2, 0) is 26.6 Å². The minimum atomic E-state index is -0.104. The summed E-state index contributed by atoms with van der Waals surface area (Å²) in [5, 5.41) is 7.32. The Bertz CT molecular complexity index is 629. The first-order valence-electron chi connectivity index (χ1n) is 7.58. The van der Waals surface area contributed by atoms with Gasteiger partial charge in [-0.25, -0.2) is 0 Å². The van der Waals surface area contributed by atoms with E-state index in [2.05, 4.69) is 24.3 Å². The number of carbonyl (C=O) groups is 1. The van der Waals surface area contributed by atoms with Gasteiger partial charge in [-0.05, 0) is 29.5 Å². The van der Waals surface area contributed by atoms with Crippen molar-refractivity contribution in [3.05, 3.63) is 52.8 Å². The Hall–Kier alpha value is -2.14. The van der Waals surface area contributed by atoms with Crippen LogP contribution in [0.1, 0.15) is 41.2 Å². The lowest BCUT2D eigenvalue weighted by Gasteiger charge is -2.06. The molecule has 0 unspecified atom stereocenters. The van der Waals surface area contributed by atoms with Crippen LogP contribution in [0.3, 0.4) is 0 Å². The maximum atomic E-state index is 12.3. The van der Waals surface area contributed by atoms with E-state index in [0.29, 0.717) is 24.7 Å². The van der Waals surface area contributed by atoms with Crippen molar-refractivity contribution in [3.63, 3.8) is 0 Å². The second kappa shape index (κ2) is 7.22. The summed E-state index contributed by atoms with van der Waals surface area (Å²) in [7, 11) is 1.80. The standard InChI is InChI=1S/C17H24N4O/c1-12(2)8-15-9-16(21(3)20-15)17(22)19-11-14-6-4-13(10-18)5-7-14/h4-7,9,12H,8,10-11,18H2,1-3H3,(H,19,22). The molecule has 0 aliphatic heterocycles. The van der Waals surface area contributed by atoms with E-state index in [1.54, 1.807) is 11.7 Å². The molecule has 0 radical (unpaired) electrons. The molecule has 0 aliphatic rings. The molecule has 0 atom stereocenters. The van der Waals surface area contributed by atoms with Crippen molar-refractivity contribution in [2.75, 3.05) is 0 Å². The van der Waals surface area contributed by atoms with Crippen molar-refractivity contribution in [3.8, 4) is 0 Å². The van der Waals surface area contributed by atoms with Crippen LogP contribution in [0, 0.1) is 5.92 Å². The fourth-order valence-electron chi connectivity index (χ4n) is 2.32. The third-order valence-corrected chi connectivity index (χ3v) is 3.49. The summed E-state index contributed by atoms with van der Waals surface area (Å²) in [5.41, 5.74) is 9.25. The largest absolute Gasteiger partial charge is 0.347 e. The van der Waals surface area contributed by atoms with Crippen molar-refractivity contribution < 1.29 is 4.79 Å². The number of hydrogen-bond donors (Lipinski definition) is 2. The molecule has 2 rings (SSSR count). The third-order valence-electron chi connectivity index (χ3n) is 3.49. The van der Waals surface area contributed by atoms with Crippen LogP contribution in [0.15, 0.2) is 30.3 Å². The molecule has 1 amide bonds. The van der Waals surface area contributed by atoms with Crippen molar-refractivity contribution in [1.29, 1.82) is 0 Å². The molecule has 1 heterocycles. The first-order chi connectivity index (χ1) is 10.5. The second-order valence-electron chi connectivity index (χ2n) is 5.95. The number of carbonyl (C=O) groups excluding carboxylic acids is 1. The number of amides is 1. The highest BCUT2D eigenvalue weighted by Crippen LogP contribution is 2.09. The first kappa shape index (κ1) is 16.2. The van der Waals surface area contributed by atoms with Crippen LogP contribution in [0.25, 0.3) is 0 Å². The quantitative estimate of drug-likeness (QED) is 0.857. The number of benzene rings is 1. The van der Waals surface area contributed by atoms with E-state index in [1.807, 2.05) is 30.3 Å². The summed E-state index contributed by atoms with van der Waals surface area (Å²) in [6.07, 6.45) is 0.877. The summed E-state index contributed by atoms with van der Waals surface area (Å²) in [4.78, 5) is 12.3. The molecule has 0 saturated carbocycles. The molecule has 1 aromatic heterocycles. The Kier molecular flexibility index (Phi) is 5.33. The number of nitrogens with zero attached hydrogens (tertiary/aromatic N) is 2. The molecule has 0 aliphatic carbocycles. The Morgan fingerprint density at radius 1 is 1.27 bits per heavy atom. The highest BCUT2D eigenvalue weighted by atomic mass is 16.2. The van der Waals surface area contributed by atoms with Crippen molar-refractivity contribution in [2.45, 2.75) is 33.4 Å². The van der Waals surface area contributed by atoms with Crippen molar-refractivity contribution >= 4 is 5.91 Å². The number of hydrogen-bond acceptors (Lipinski definition) is 3. The van der Waals surface area contributed by atoms with E-state index < -0.39 is 0 Å². The Morgan fingerprint density at radius 3 is 2.50 bits per heavy atom. The highest BCUT2D eigenvalue weighted by Gasteiger charge is 2.13. The van der Waals surface area contributed by atoms with Crippen molar-refractivity contribution in [1.82, 2.24) is 15.1 Å². The summed E-state index contributed by atoms with van der Waals surface area (Å²) in [6, 6.07) is 9.79. The molecular formula is C17H24N4O. The fraction of sp³-hybridized carbons (Fsp3) is 0.412. The lowest BCUT2D eigenvalue weighted by molar-refractivity contribution is 0.0941. The van der Waals surface area contributed by atoms with Crippen LogP contribution in [0.4, 0.5) is 0 Å². The maximum Gasteiger partial charge on any atom is 0.269 e. The molecule has 0 spiro atoms. The molecule has 2 aromatic rings. The number of aryl methyl sites for hydroxylation is 1. The van der Waals surface area contributed by atoms with Gasteiger partial charge in [0.05, 0.1) is 5.69 Å². The van der Waals surface area contributed by atoms with E-state index in [0.717, 1.165) is 23.2 Å². The number of nitrogens with one attached hydrogen (secondary N) is 1. The molecule has 0 fully saturated rings. The van der Waals surface area contributed by atoms with Gasteiger partial charge in [-0.15, -0.1) is 0 Å². The van der Waals surface area contributed by atoms with E-state index in [-0.39, 0.29) is 5.91 Å². The molecule has 118 valence electrons. The van der Waals surface area contributed by atoms with Crippen LogP contribution < -0.4 is 11.1 Å². The molecular weight excluding hydrogens is 276 g/mol. The molecule has 22 heavy (non-hydrogen) atoms. The zero-order chi connectivity index (χ0) is 16.1. The van der Waals surface area contributed by atoms with Gasteiger partial charge in [-0.1, -0.05) is 38.1 Å². The predicted octanol–water partition coefficient (Wildman–Crippen LogP) is 2.01. The Labute approximate surface area is 131 Å². The molecule has 5 heteroatoms. The predicted molar refractivity (Wildman–Crippen MR) is 87.3 cm³/mol. The lowest BCUT2D eigenvalue weighted by atomic mass is 10.1. The minimum Gasteiger partial charge on any atom is -0.347 e. The normalized spacial score (nSPS) is 11.0. The minimum absolute atomic E-state index is 0.104. The van der Waals surface area contributed by atoms with Gasteiger partial charge < -0.3 is 11.1 Å². The molecule has 0 saturated heterocycles. The van der Waals surface area contributed by atoms with Gasteiger partial charge in [0.25, 0.3) is 5.91 Å². The SMILES string of the molecule is CC(C)Cc1cc(C(=O)NCc2ccc(CN)cc2)n(C)n1. The summed E-state index contributed by atoms with van der Waals surface area (Å²) < 4.78 is 1.64. The Morgan fingerprint density at radius 2 is 1.91 bits per heavy atom. The van der Waals surface area contributed by atoms with Gasteiger partial charge in [-0.3, -0.25) is 9.48 Å². The fourth-order valence-corrected chi connectivity index (χ4v) is 2.32. The summed E-state index contributed by atoms with van der Waals surface area (Å²) in [6.45, 7) is 5.30.